The number of aromatic nitrogens is 4. The lowest BCUT2D eigenvalue weighted by Gasteiger charge is -2.26. The van der Waals surface area contributed by atoms with E-state index in [1.54, 1.807) is 11.4 Å². The molecular weight excluding hydrogens is 258 g/mol. The van der Waals surface area contributed by atoms with E-state index in [1.165, 1.54) is 6.33 Å². The molecule has 1 unspecified atom stereocenters. The molecule has 7 nitrogen and oxygen atoms in total. The molecule has 0 aliphatic rings. The molecule has 7 heteroatoms. The van der Waals surface area contributed by atoms with Gasteiger partial charge in [0, 0.05) is 24.8 Å². The molecule has 0 amide bonds. The zero-order valence-electron chi connectivity index (χ0n) is 12.2. The third-order valence-corrected chi connectivity index (χ3v) is 3.15. The van der Waals surface area contributed by atoms with Gasteiger partial charge in [0.1, 0.15) is 12.1 Å². The molecule has 2 aromatic heterocycles. The maximum atomic E-state index is 11.6. The van der Waals surface area contributed by atoms with Crippen molar-refractivity contribution < 1.29 is 9.53 Å². The molecule has 108 valence electrons. The van der Waals surface area contributed by atoms with Crippen molar-refractivity contribution in [3.8, 4) is 0 Å². The van der Waals surface area contributed by atoms with Crippen molar-refractivity contribution in [1.82, 2.24) is 19.6 Å². The highest BCUT2D eigenvalue weighted by atomic mass is 16.5. The van der Waals surface area contributed by atoms with Gasteiger partial charge in [-0.3, -0.25) is 4.79 Å². The first-order valence-corrected chi connectivity index (χ1v) is 6.58. The smallest absolute Gasteiger partial charge is 0.307 e. The molecule has 2 heterocycles. The largest absolute Gasteiger partial charge is 0.466 e. The van der Waals surface area contributed by atoms with Crippen LogP contribution in [-0.2, 0) is 9.53 Å². The minimum Gasteiger partial charge on any atom is -0.466 e. The predicted octanol–water partition coefficient (Wildman–Crippen LogP) is 1.21. The molecule has 0 spiro atoms. The molecule has 0 bridgehead atoms. The van der Waals surface area contributed by atoms with Crippen molar-refractivity contribution in [2.45, 2.75) is 33.2 Å². The van der Waals surface area contributed by atoms with Crippen molar-refractivity contribution in [1.29, 1.82) is 0 Å². The number of esters is 1. The Bertz CT molecular complexity index is 610. The van der Waals surface area contributed by atoms with Gasteiger partial charge >= 0.3 is 5.97 Å². The average Bonchev–Trinajstić information content (AvgIpc) is 2.84. The summed E-state index contributed by atoms with van der Waals surface area (Å²) in [6, 6.07) is 1.91. The van der Waals surface area contributed by atoms with E-state index in [-0.39, 0.29) is 12.0 Å². The van der Waals surface area contributed by atoms with Crippen molar-refractivity contribution in [2.24, 2.45) is 0 Å². The van der Waals surface area contributed by atoms with Crippen LogP contribution in [0.1, 0.15) is 26.0 Å². The minimum atomic E-state index is -0.201. The van der Waals surface area contributed by atoms with Crippen LogP contribution in [-0.4, -0.2) is 45.2 Å². The molecule has 0 saturated heterocycles. The Labute approximate surface area is 117 Å². The molecule has 0 aliphatic carbocycles. The van der Waals surface area contributed by atoms with Crippen LogP contribution in [0.4, 0.5) is 5.82 Å². The SMILES string of the molecule is CCOC(=O)CC(C)N(C)c1cc(C)nc2ncnn12. The maximum Gasteiger partial charge on any atom is 0.307 e. The summed E-state index contributed by atoms with van der Waals surface area (Å²) in [5, 5.41) is 4.16. The lowest BCUT2D eigenvalue weighted by Crippen LogP contribution is -2.33. The number of ether oxygens (including phenoxy) is 1. The fraction of sp³-hybridized carbons (Fsp3) is 0.538. The highest BCUT2D eigenvalue weighted by Gasteiger charge is 2.18. The second-order valence-corrected chi connectivity index (χ2v) is 4.70. The summed E-state index contributed by atoms with van der Waals surface area (Å²) in [6.07, 6.45) is 1.79. The maximum absolute atomic E-state index is 11.6. The Morgan fingerprint density at radius 3 is 3.00 bits per heavy atom. The zero-order chi connectivity index (χ0) is 14.7. The van der Waals surface area contributed by atoms with E-state index in [1.807, 2.05) is 31.9 Å². The predicted molar refractivity (Wildman–Crippen MR) is 74.6 cm³/mol. The molecule has 0 radical (unpaired) electrons. The average molecular weight is 277 g/mol. The number of hydrogen-bond acceptors (Lipinski definition) is 6. The van der Waals surface area contributed by atoms with Gasteiger partial charge in [0.05, 0.1) is 13.0 Å². The van der Waals surface area contributed by atoms with Crippen LogP contribution in [0.25, 0.3) is 5.78 Å². The molecular formula is C13H19N5O2. The van der Waals surface area contributed by atoms with Gasteiger partial charge in [-0.2, -0.15) is 14.6 Å². The number of carbonyl (C=O) groups is 1. The molecule has 0 saturated carbocycles. The van der Waals surface area contributed by atoms with Crippen molar-refractivity contribution in [3.63, 3.8) is 0 Å². The van der Waals surface area contributed by atoms with Gasteiger partial charge in [-0.05, 0) is 20.8 Å². The Hall–Kier alpha value is -2.18. The van der Waals surface area contributed by atoms with E-state index in [9.17, 15) is 4.79 Å². The van der Waals surface area contributed by atoms with Gasteiger partial charge in [0.2, 0.25) is 0 Å². The molecule has 0 aromatic carbocycles. The molecule has 20 heavy (non-hydrogen) atoms. The highest BCUT2D eigenvalue weighted by molar-refractivity contribution is 5.70. The van der Waals surface area contributed by atoms with Gasteiger partial charge in [-0.25, -0.2) is 4.98 Å². The number of aryl methyl sites for hydroxylation is 1. The Morgan fingerprint density at radius 2 is 2.30 bits per heavy atom. The quantitative estimate of drug-likeness (QED) is 0.765. The van der Waals surface area contributed by atoms with Gasteiger partial charge in [0.15, 0.2) is 0 Å². The lowest BCUT2D eigenvalue weighted by atomic mass is 10.2. The summed E-state index contributed by atoms with van der Waals surface area (Å²) in [7, 11) is 1.92. The molecule has 0 aliphatic heterocycles. The summed E-state index contributed by atoms with van der Waals surface area (Å²) in [5.74, 6) is 1.20. The van der Waals surface area contributed by atoms with Crippen LogP contribution in [0.2, 0.25) is 0 Å². The summed E-state index contributed by atoms with van der Waals surface area (Å²) in [5.41, 5.74) is 0.857. The standard InChI is InChI=1S/C13H19N5O2/c1-5-20-12(19)7-10(3)17(4)11-6-9(2)16-13-14-8-15-18(11)13/h6,8,10H,5,7H2,1-4H3. The molecule has 0 N–H and O–H groups in total. The first-order valence-electron chi connectivity index (χ1n) is 6.58. The van der Waals surface area contributed by atoms with E-state index in [0.717, 1.165) is 11.5 Å². The number of nitrogens with zero attached hydrogens (tertiary/aromatic N) is 5. The summed E-state index contributed by atoms with van der Waals surface area (Å²) in [6.45, 7) is 6.08. The highest BCUT2D eigenvalue weighted by Crippen LogP contribution is 2.18. The number of hydrogen-bond donors (Lipinski definition) is 0. The summed E-state index contributed by atoms with van der Waals surface area (Å²) >= 11 is 0. The van der Waals surface area contributed by atoms with Crippen molar-refractivity contribution in [2.75, 3.05) is 18.6 Å². The van der Waals surface area contributed by atoms with E-state index >= 15 is 0 Å². The van der Waals surface area contributed by atoms with E-state index in [4.69, 9.17) is 4.74 Å². The number of rotatable bonds is 5. The van der Waals surface area contributed by atoms with Gasteiger partial charge in [-0.1, -0.05) is 0 Å². The van der Waals surface area contributed by atoms with Crippen LogP contribution >= 0.6 is 0 Å². The van der Waals surface area contributed by atoms with Crippen LogP contribution in [0.5, 0.6) is 0 Å². The summed E-state index contributed by atoms with van der Waals surface area (Å²) in [4.78, 5) is 21.9. The molecule has 2 aromatic rings. The zero-order valence-corrected chi connectivity index (χ0v) is 12.2. The Kier molecular flexibility index (Phi) is 4.16. The first-order chi connectivity index (χ1) is 9.52. The Balaban J connectivity index is 2.24. The van der Waals surface area contributed by atoms with Crippen LogP contribution in [0, 0.1) is 6.92 Å². The van der Waals surface area contributed by atoms with Crippen LogP contribution < -0.4 is 4.90 Å². The first kappa shape index (κ1) is 14.2. The van der Waals surface area contributed by atoms with Gasteiger partial charge < -0.3 is 9.64 Å². The van der Waals surface area contributed by atoms with Gasteiger partial charge in [0.25, 0.3) is 5.78 Å². The van der Waals surface area contributed by atoms with E-state index in [2.05, 4.69) is 15.1 Å². The van der Waals surface area contributed by atoms with E-state index in [0.29, 0.717) is 18.8 Å². The van der Waals surface area contributed by atoms with Crippen LogP contribution in [0.3, 0.4) is 0 Å². The monoisotopic (exact) mass is 277 g/mol. The van der Waals surface area contributed by atoms with Crippen molar-refractivity contribution in [3.05, 3.63) is 18.1 Å². The third kappa shape index (κ3) is 2.87. The Morgan fingerprint density at radius 1 is 1.55 bits per heavy atom. The number of anilines is 1. The molecule has 2 rings (SSSR count). The third-order valence-electron chi connectivity index (χ3n) is 3.15. The lowest BCUT2D eigenvalue weighted by molar-refractivity contribution is -0.143. The van der Waals surface area contributed by atoms with Gasteiger partial charge in [-0.15, -0.1) is 0 Å². The molecule has 1 atom stereocenters. The number of carbonyl (C=O) groups excluding carboxylic acids is 1. The van der Waals surface area contributed by atoms with E-state index < -0.39 is 0 Å². The second kappa shape index (κ2) is 5.85. The second-order valence-electron chi connectivity index (χ2n) is 4.70. The normalized spacial score (nSPS) is 12.4. The minimum absolute atomic E-state index is 0.0109. The fourth-order valence-corrected chi connectivity index (χ4v) is 1.99. The topological polar surface area (TPSA) is 72.6 Å². The van der Waals surface area contributed by atoms with Crippen LogP contribution in [0.15, 0.2) is 12.4 Å². The van der Waals surface area contributed by atoms with Crippen molar-refractivity contribution >= 4 is 17.6 Å². The molecule has 0 fully saturated rings. The fourth-order valence-electron chi connectivity index (χ4n) is 1.99. The summed E-state index contributed by atoms with van der Waals surface area (Å²) < 4.78 is 6.64. The number of fused-ring (bicyclic) bond motifs is 1.